The molecule has 0 bridgehead atoms. The molecule has 1 atom stereocenters. The Hall–Kier alpha value is -1.19. The molecule has 20 heavy (non-hydrogen) atoms. The molecule has 0 aromatic heterocycles. The monoisotopic (exact) mass is 353 g/mol. The number of halogens is 2. The van der Waals surface area contributed by atoms with E-state index >= 15 is 0 Å². The second kappa shape index (κ2) is 6.06. The maximum Gasteiger partial charge on any atom is 0.121 e. The van der Waals surface area contributed by atoms with E-state index in [0.29, 0.717) is 5.75 Å². The molecule has 0 aliphatic heterocycles. The number of phenols is 1. The van der Waals surface area contributed by atoms with E-state index in [1.165, 1.54) is 0 Å². The summed E-state index contributed by atoms with van der Waals surface area (Å²) in [6, 6.07) is 9.54. The third-order valence-corrected chi connectivity index (χ3v) is 4.34. The van der Waals surface area contributed by atoms with Gasteiger partial charge in [0, 0.05) is 15.1 Å². The Morgan fingerprint density at radius 3 is 2.55 bits per heavy atom. The van der Waals surface area contributed by atoms with Gasteiger partial charge in [-0.25, -0.2) is 0 Å². The fourth-order valence-electron chi connectivity index (χ4n) is 2.09. The van der Waals surface area contributed by atoms with Gasteiger partial charge in [0.1, 0.15) is 5.75 Å². The summed E-state index contributed by atoms with van der Waals surface area (Å²) in [5.41, 5.74) is 3.83. The minimum Gasteiger partial charge on any atom is -0.508 e. The standard InChI is InChI=1S/C16H17BrClNO/c1-9-4-5-12(16(20)6-9)11(3)19-15-8-14(18)10(2)7-13(15)17/h4-8,11,19-20H,1-3H3. The molecule has 1 unspecified atom stereocenters. The molecular formula is C16H17BrClNO. The van der Waals surface area contributed by atoms with Crippen molar-refractivity contribution >= 4 is 33.2 Å². The number of phenolic OH excluding ortho intramolecular Hbond substituents is 1. The molecule has 2 aromatic rings. The summed E-state index contributed by atoms with van der Waals surface area (Å²) in [6.07, 6.45) is 0. The van der Waals surface area contributed by atoms with Crippen molar-refractivity contribution in [1.29, 1.82) is 0 Å². The largest absolute Gasteiger partial charge is 0.508 e. The lowest BCUT2D eigenvalue weighted by Crippen LogP contribution is -2.07. The van der Waals surface area contributed by atoms with Crippen molar-refractivity contribution in [3.63, 3.8) is 0 Å². The van der Waals surface area contributed by atoms with Gasteiger partial charge in [-0.15, -0.1) is 0 Å². The molecule has 0 fully saturated rings. The highest BCUT2D eigenvalue weighted by Crippen LogP contribution is 2.33. The van der Waals surface area contributed by atoms with Gasteiger partial charge in [-0.2, -0.15) is 0 Å². The van der Waals surface area contributed by atoms with Gasteiger partial charge in [-0.05, 0) is 66.0 Å². The van der Waals surface area contributed by atoms with Crippen molar-refractivity contribution in [2.24, 2.45) is 0 Å². The van der Waals surface area contributed by atoms with Gasteiger partial charge in [0.2, 0.25) is 0 Å². The van der Waals surface area contributed by atoms with Crippen LogP contribution < -0.4 is 5.32 Å². The Kier molecular flexibility index (Phi) is 4.61. The van der Waals surface area contributed by atoms with Crippen LogP contribution in [0.3, 0.4) is 0 Å². The summed E-state index contributed by atoms with van der Waals surface area (Å²) in [5, 5.41) is 14.1. The van der Waals surface area contributed by atoms with Gasteiger partial charge < -0.3 is 10.4 Å². The first kappa shape index (κ1) is 15.2. The van der Waals surface area contributed by atoms with E-state index in [1.807, 2.05) is 45.0 Å². The molecule has 0 amide bonds. The van der Waals surface area contributed by atoms with Crippen molar-refractivity contribution in [2.75, 3.05) is 5.32 Å². The van der Waals surface area contributed by atoms with Gasteiger partial charge in [0.15, 0.2) is 0 Å². The second-order valence-corrected chi connectivity index (χ2v) is 6.27. The van der Waals surface area contributed by atoms with Gasteiger partial charge >= 0.3 is 0 Å². The number of anilines is 1. The summed E-state index contributed by atoms with van der Waals surface area (Å²) < 4.78 is 0.956. The molecule has 0 radical (unpaired) electrons. The number of nitrogens with one attached hydrogen (secondary N) is 1. The predicted octanol–water partition coefficient (Wildman–Crippen LogP) is 5.60. The molecule has 0 spiro atoms. The van der Waals surface area contributed by atoms with E-state index < -0.39 is 0 Å². The van der Waals surface area contributed by atoms with E-state index in [9.17, 15) is 5.11 Å². The fraction of sp³-hybridized carbons (Fsp3) is 0.250. The summed E-state index contributed by atoms with van der Waals surface area (Å²) >= 11 is 9.69. The van der Waals surface area contributed by atoms with E-state index in [-0.39, 0.29) is 6.04 Å². The molecule has 4 heteroatoms. The van der Waals surface area contributed by atoms with Crippen LogP contribution in [0.5, 0.6) is 5.75 Å². The Morgan fingerprint density at radius 2 is 1.90 bits per heavy atom. The molecule has 0 aliphatic rings. The minimum atomic E-state index is -0.0225. The molecular weight excluding hydrogens is 338 g/mol. The average Bonchev–Trinajstić information content (AvgIpc) is 2.35. The van der Waals surface area contributed by atoms with Crippen molar-refractivity contribution in [3.05, 3.63) is 56.5 Å². The molecule has 0 saturated carbocycles. The van der Waals surface area contributed by atoms with Crippen LogP contribution in [0.4, 0.5) is 5.69 Å². The first-order valence-electron chi connectivity index (χ1n) is 6.40. The zero-order valence-corrected chi connectivity index (χ0v) is 14.0. The lowest BCUT2D eigenvalue weighted by molar-refractivity contribution is 0.465. The highest BCUT2D eigenvalue weighted by Gasteiger charge is 2.12. The fourth-order valence-corrected chi connectivity index (χ4v) is 2.82. The van der Waals surface area contributed by atoms with E-state index in [0.717, 1.165) is 31.9 Å². The molecule has 0 saturated heterocycles. The zero-order valence-electron chi connectivity index (χ0n) is 11.7. The zero-order chi connectivity index (χ0) is 14.9. The van der Waals surface area contributed by atoms with Crippen LogP contribution in [0.25, 0.3) is 0 Å². The number of rotatable bonds is 3. The number of benzene rings is 2. The van der Waals surface area contributed by atoms with Crippen LogP contribution in [0, 0.1) is 13.8 Å². The van der Waals surface area contributed by atoms with Crippen LogP contribution in [-0.2, 0) is 0 Å². The summed E-state index contributed by atoms with van der Waals surface area (Å²) in [7, 11) is 0. The summed E-state index contributed by atoms with van der Waals surface area (Å²) in [5.74, 6) is 0.305. The van der Waals surface area contributed by atoms with Crippen molar-refractivity contribution in [1.82, 2.24) is 0 Å². The first-order valence-corrected chi connectivity index (χ1v) is 7.57. The first-order chi connectivity index (χ1) is 9.38. The highest BCUT2D eigenvalue weighted by atomic mass is 79.9. The smallest absolute Gasteiger partial charge is 0.121 e. The van der Waals surface area contributed by atoms with E-state index in [4.69, 9.17) is 11.6 Å². The van der Waals surface area contributed by atoms with Crippen molar-refractivity contribution in [3.8, 4) is 5.75 Å². The highest BCUT2D eigenvalue weighted by molar-refractivity contribution is 9.10. The van der Waals surface area contributed by atoms with Gasteiger partial charge in [-0.3, -0.25) is 0 Å². The van der Waals surface area contributed by atoms with Crippen molar-refractivity contribution in [2.45, 2.75) is 26.8 Å². The molecule has 0 heterocycles. The molecule has 2 N–H and O–H groups in total. The van der Waals surface area contributed by atoms with Gasteiger partial charge in [0.25, 0.3) is 0 Å². The minimum absolute atomic E-state index is 0.0225. The van der Waals surface area contributed by atoms with Crippen LogP contribution >= 0.6 is 27.5 Å². The molecule has 2 nitrogen and oxygen atoms in total. The van der Waals surface area contributed by atoms with Crippen molar-refractivity contribution < 1.29 is 5.11 Å². The van der Waals surface area contributed by atoms with Crippen LogP contribution in [0.2, 0.25) is 5.02 Å². The molecule has 106 valence electrons. The SMILES string of the molecule is Cc1ccc(C(C)Nc2cc(Cl)c(C)cc2Br)c(O)c1. The Labute approximate surface area is 132 Å². The normalized spacial score (nSPS) is 12.2. The Balaban J connectivity index is 2.27. The third kappa shape index (κ3) is 3.28. The van der Waals surface area contributed by atoms with Crippen LogP contribution in [-0.4, -0.2) is 5.11 Å². The topological polar surface area (TPSA) is 32.3 Å². The number of hydrogen-bond acceptors (Lipinski definition) is 2. The summed E-state index contributed by atoms with van der Waals surface area (Å²) in [6.45, 7) is 5.93. The van der Waals surface area contributed by atoms with E-state index in [1.54, 1.807) is 6.07 Å². The number of hydrogen-bond donors (Lipinski definition) is 2. The molecule has 2 rings (SSSR count). The number of aromatic hydroxyl groups is 1. The maximum absolute atomic E-state index is 10.0. The molecule has 2 aromatic carbocycles. The predicted molar refractivity (Wildman–Crippen MR) is 88.8 cm³/mol. The van der Waals surface area contributed by atoms with Crippen LogP contribution in [0.1, 0.15) is 29.7 Å². The van der Waals surface area contributed by atoms with Gasteiger partial charge in [0.05, 0.1) is 11.7 Å². The second-order valence-electron chi connectivity index (χ2n) is 5.01. The third-order valence-electron chi connectivity index (χ3n) is 3.27. The number of aryl methyl sites for hydroxylation is 2. The Bertz CT molecular complexity index is 643. The van der Waals surface area contributed by atoms with Crippen LogP contribution in [0.15, 0.2) is 34.8 Å². The molecule has 0 aliphatic carbocycles. The maximum atomic E-state index is 10.0. The summed E-state index contributed by atoms with van der Waals surface area (Å²) in [4.78, 5) is 0. The Morgan fingerprint density at radius 1 is 1.20 bits per heavy atom. The quantitative estimate of drug-likeness (QED) is 0.752. The van der Waals surface area contributed by atoms with Gasteiger partial charge in [-0.1, -0.05) is 23.7 Å². The van der Waals surface area contributed by atoms with E-state index in [2.05, 4.69) is 21.2 Å². The average molecular weight is 355 g/mol. The lowest BCUT2D eigenvalue weighted by atomic mass is 10.0. The lowest BCUT2D eigenvalue weighted by Gasteiger charge is -2.19.